The Hall–Kier alpha value is -1.78. The van der Waals surface area contributed by atoms with Crippen LogP contribution in [0.15, 0.2) is 16.5 Å². The fraction of sp³-hybridized carbons (Fsp3) is 0.600. The summed E-state index contributed by atoms with van der Waals surface area (Å²) in [5, 5.41) is 5.51. The molecule has 1 aliphatic rings. The number of amides is 2. The van der Waals surface area contributed by atoms with Crippen molar-refractivity contribution in [3.05, 3.63) is 23.7 Å². The second kappa shape index (κ2) is 6.59. The van der Waals surface area contributed by atoms with Crippen molar-refractivity contribution >= 4 is 11.8 Å². The normalized spacial score (nSPS) is 16.9. The number of hydrogen-bond donors (Lipinski definition) is 2. The van der Waals surface area contributed by atoms with Crippen LogP contribution in [0.4, 0.5) is 0 Å². The van der Waals surface area contributed by atoms with Gasteiger partial charge >= 0.3 is 0 Å². The van der Waals surface area contributed by atoms with Crippen molar-refractivity contribution in [2.45, 2.75) is 45.6 Å². The molecule has 1 aliphatic carbocycles. The highest BCUT2D eigenvalue weighted by atomic mass is 16.3. The molecule has 2 amide bonds. The van der Waals surface area contributed by atoms with E-state index in [2.05, 4.69) is 10.6 Å². The minimum absolute atomic E-state index is 0.000791. The van der Waals surface area contributed by atoms with Crippen molar-refractivity contribution in [1.82, 2.24) is 10.6 Å². The molecule has 1 fully saturated rings. The average molecular weight is 278 g/mol. The molecule has 0 unspecified atom stereocenters. The van der Waals surface area contributed by atoms with Gasteiger partial charge in [-0.25, -0.2) is 0 Å². The van der Waals surface area contributed by atoms with Gasteiger partial charge in [0.15, 0.2) is 0 Å². The molecule has 1 saturated carbocycles. The summed E-state index contributed by atoms with van der Waals surface area (Å²) in [6.45, 7) is 3.74. The SMILES string of the molecule is Cc1ccc([C@@H](C)NC(=O)CNC(=O)C2CCCC2)o1. The van der Waals surface area contributed by atoms with E-state index in [1.165, 1.54) is 0 Å². The molecule has 0 radical (unpaired) electrons. The molecular formula is C15H22N2O3. The van der Waals surface area contributed by atoms with Gasteiger partial charge in [0.2, 0.25) is 11.8 Å². The Kier molecular flexibility index (Phi) is 4.82. The zero-order valence-electron chi connectivity index (χ0n) is 12.1. The fourth-order valence-electron chi connectivity index (χ4n) is 2.55. The third-order valence-electron chi connectivity index (χ3n) is 3.71. The minimum atomic E-state index is -0.196. The van der Waals surface area contributed by atoms with Gasteiger partial charge in [-0.2, -0.15) is 0 Å². The molecule has 1 atom stereocenters. The van der Waals surface area contributed by atoms with Crippen LogP contribution in [0.25, 0.3) is 0 Å². The van der Waals surface area contributed by atoms with Crippen LogP contribution in [0.1, 0.15) is 50.2 Å². The number of nitrogens with one attached hydrogen (secondary N) is 2. The maximum atomic E-state index is 11.8. The Morgan fingerprint density at radius 1 is 1.35 bits per heavy atom. The Bertz CT molecular complexity index is 475. The van der Waals surface area contributed by atoms with E-state index in [4.69, 9.17) is 4.42 Å². The van der Waals surface area contributed by atoms with E-state index in [1.807, 2.05) is 26.0 Å². The van der Waals surface area contributed by atoms with Crippen LogP contribution >= 0.6 is 0 Å². The zero-order valence-corrected chi connectivity index (χ0v) is 12.1. The summed E-state index contributed by atoms with van der Waals surface area (Å²) in [7, 11) is 0. The standard InChI is InChI=1S/C15H22N2O3/c1-10-7-8-13(20-10)11(2)17-14(18)9-16-15(19)12-5-3-4-6-12/h7-8,11-12H,3-6,9H2,1-2H3,(H,16,19)(H,17,18)/t11-/m1/s1. The van der Waals surface area contributed by atoms with Crippen molar-refractivity contribution in [1.29, 1.82) is 0 Å². The van der Waals surface area contributed by atoms with Gasteiger partial charge in [0.1, 0.15) is 11.5 Å². The molecule has 1 aromatic heterocycles. The minimum Gasteiger partial charge on any atom is -0.464 e. The molecule has 0 bridgehead atoms. The number of rotatable bonds is 5. The lowest BCUT2D eigenvalue weighted by Gasteiger charge is -2.13. The van der Waals surface area contributed by atoms with E-state index in [9.17, 15) is 9.59 Å². The van der Waals surface area contributed by atoms with Gasteiger partial charge in [-0.05, 0) is 38.8 Å². The van der Waals surface area contributed by atoms with Gasteiger partial charge in [0.05, 0.1) is 12.6 Å². The van der Waals surface area contributed by atoms with Gasteiger partial charge in [-0.15, -0.1) is 0 Å². The lowest BCUT2D eigenvalue weighted by molar-refractivity contribution is -0.128. The van der Waals surface area contributed by atoms with E-state index in [-0.39, 0.29) is 30.3 Å². The molecule has 5 nitrogen and oxygen atoms in total. The predicted molar refractivity (Wildman–Crippen MR) is 75.0 cm³/mol. The van der Waals surface area contributed by atoms with E-state index in [0.29, 0.717) is 0 Å². The number of carbonyl (C=O) groups excluding carboxylic acids is 2. The molecular weight excluding hydrogens is 256 g/mol. The number of hydrogen-bond acceptors (Lipinski definition) is 3. The van der Waals surface area contributed by atoms with Crippen LogP contribution in [0.5, 0.6) is 0 Å². The lowest BCUT2D eigenvalue weighted by Crippen LogP contribution is -2.39. The molecule has 20 heavy (non-hydrogen) atoms. The number of furan rings is 1. The maximum absolute atomic E-state index is 11.8. The molecule has 1 aromatic rings. The van der Waals surface area contributed by atoms with Crippen molar-refractivity contribution in [3.8, 4) is 0 Å². The van der Waals surface area contributed by atoms with E-state index in [0.717, 1.165) is 37.2 Å². The van der Waals surface area contributed by atoms with Gasteiger partial charge in [0.25, 0.3) is 0 Å². The highest BCUT2D eigenvalue weighted by Gasteiger charge is 2.23. The van der Waals surface area contributed by atoms with E-state index in [1.54, 1.807) is 0 Å². The van der Waals surface area contributed by atoms with E-state index >= 15 is 0 Å². The summed E-state index contributed by atoms with van der Waals surface area (Å²) in [5.74, 6) is 1.43. The van der Waals surface area contributed by atoms with Gasteiger partial charge in [-0.1, -0.05) is 12.8 Å². The Balaban J connectivity index is 1.73. The first-order chi connectivity index (χ1) is 9.56. The van der Waals surface area contributed by atoms with Gasteiger partial charge in [-0.3, -0.25) is 9.59 Å². The Morgan fingerprint density at radius 2 is 2.05 bits per heavy atom. The quantitative estimate of drug-likeness (QED) is 0.866. The second-order valence-corrected chi connectivity index (χ2v) is 5.44. The third kappa shape index (κ3) is 3.85. The van der Waals surface area contributed by atoms with Crippen molar-refractivity contribution in [2.75, 3.05) is 6.54 Å². The average Bonchev–Trinajstić information content (AvgIpc) is 3.06. The smallest absolute Gasteiger partial charge is 0.239 e. The first kappa shape index (κ1) is 14.6. The topological polar surface area (TPSA) is 71.3 Å². The first-order valence-corrected chi connectivity index (χ1v) is 7.19. The zero-order chi connectivity index (χ0) is 14.5. The third-order valence-corrected chi connectivity index (χ3v) is 3.71. The van der Waals surface area contributed by atoms with Crippen LogP contribution in [0.2, 0.25) is 0 Å². The molecule has 2 N–H and O–H groups in total. The summed E-state index contributed by atoms with van der Waals surface area (Å²) < 4.78 is 5.45. The van der Waals surface area contributed by atoms with Crippen LogP contribution in [0, 0.1) is 12.8 Å². The summed E-state index contributed by atoms with van der Waals surface area (Å²) in [4.78, 5) is 23.6. The molecule has 0 aliphatic heterocycles. The van der Waals surface area contributed by atoms with Crippen molar-refractivity contribution < 1.29 is 14.0 Å². The largest absolute Gasteiger partial charge is 0.464 e. The first-order valence-electron chi connectivity index (χ1n) is 7.19. The molecule has 0 saturated heterocycles. The molecule has 110 valence electrons. The van der Waals surface area contributed by atoms with E-state index < -0.39 is 0 Å². The highest BCUT2D eigenvalue weighted by Crippen LogP contribution is 2.24. The Labute approximate surface area is 119 Å². The lowest BCUT2D eigenvalue weighted by atomic mass is 10.1. The fourth-order valence-corrected chi connectivity index (χ4v) is 2.55. The monoisotopic (exact) mass is 278 g/mol. The Morgan fingerprint density at radius 3 is 2.65 bits per heavy atom. The number of carbonyl (C=O) groups is 2. The van der Waals surface area contributed by atoms with Crippen molar-refractivity contribution in [3.63, 3.8) is 0 Å². The van der Waals surface area contributed by atoms with Crippen LogP contribution in [-0.2, 0) is 9.59 Å². The van der Waals surface area contributed by atoms with Gasteiger partial charge in [0, 0.05) is 5.92 Å². The molecule has 0 aromatic carbocycles. The van der Waals surface area contributed by atoms with Crippen LogP contribution < -0.4 is 10.6 Å². The maximum Gasteiger partial charge on any atom is 0.239 e. The van der Waals surface area contributed by atoms with Gasteiger partial charge < -0.3 is 15.1 Å². The highest BCUT2D eigenvalue weighted by molar-refractivity contribution is 5.86. The van der Waals surface area contributed by atoms with Crippen molar-refractivity contribution in [2.24, 2.45) is 5.92 Å². The molecule has 0 spiro atoms. The summed E-state index contributed by atoms with van der Waals surface area (Å²) >= 11 is 0. The summed E-state index contributed by atoms with van der Waals surface area (Å²) in [5.41, 5.74) is 0. The summed E-state index contributed by atoms with van der Waals surface area (Å²) in [6, 6.07) is 3.51. The summed E-state index contributed by atoms with van der Waals surface area (Å²) in [6.07, 6.45) is 4.10. The molecule has 5 heteroatoms. The second-order valence-electron chi connectivity index (χ2n) is 5.44. The van der Waals surface area contributed by atoms with Crippen LogP contribution in [-0.4, -0.2) is 18.4 Å². The molecule has 2 rings (SSSR count). The van der Waals surface area contributed by atoms with Crippen LogP contribution in [0.3, 0.4) is 0 Å². The molecule has 1 heterocycles. The predicted octanol–water partition coefficient (Wildman–Crippen LogP) is 2.07. The number of aryl methyl sites for hydroxylation is 1.